The van der Waals surface area contributed by atoms with Crippen molar-refractivity contribution in [2.75, 3.05) is 0 Å². The van der Waals surface area contributed by atoms with Crippen molar-refractivity contribution in [3.05, 3.63) is 23.8 Å². The zero-order valence-electron chi connectivity index (χ0n) is 4.94. The Kier molecular flexibility index (Phi) is 1.29. The number of nitrogens with one attached hydrogen (secondary N) is 1. The summed E-state index contributed by atoms with van der Waals surface area (Å²) in [6.07, 6.45) is 6.76. The van der Waals surface area contributed by atoms with Crippen LogP contribution in [0.1, 0.15) is 13.3 Å². The van der Waals surface area contributed by atoms with E-state index < -0.39 is 0 Å². The second kappa shape index (κ2) is 1.95. The van der Waals surface area contributed by atoms with Gasteiger partial charge in [0.15, 0.2) is 0 Å². The molecular formula is C7H9N. The van der Waals surface area contributed by atoms with Gasteiger partial charge in [-0.2, -0.15) is 0 Å². The lowest BCUT2D eigenvalue weighted by atomic mass is 10.1. The summed E-state index contributed by atoms with van der Waals surface area (Å²) >= 11 is 0. The molecular weight excluding hydrogens is 98.1 g/mol. The normalized spacial score (nSPS) is 18.6. The monoisotopic (exact) mass is 107 g/mol. The van der Waals surface area contributed by atoms with Crippen LogP contribution >= 0.6 is 0 Å². The summed E-state index contributed by atoms with van der Waals surface area (Å²) in [4.78, 5) is 0. The second-order valence-corrected chi connectivity index (χ2v) is 1.96. The lowest BCUT2D eigenvalue weighted by Crippen LogP contribution is -1.97. The second-order valence-electron chi connectivity index (χ2n) is 1.96. The molecule has 0 unspecified atom stereocenters. The summed E-state index contributed by atoms with van der Waals surface area (Å²) in [5.41, 5.74) is 1.83. The van der Waals surface area contributed by atoms with Crippen LogP contribution < -0.4 is 0 Å². The van der Waals surface area contributed by atoms with E-state index in [0.29, 0.717) is 0 Å². The first-order valence-electron chi connectivity index (χ1n) is 2.72. The Morgan fingerprint density at radius 1 is 1.62 bits per heavy atom. The van der Waals surface area contributed by atoms with Crippen LogP contribution in [0.4, 0.5) is 0 Å². The molecule has 0 aromatic rings. The van der Waals surface area contributed by atoms with E-state index in [9.17, 15) is 0 Å². The zero-order valence-corrected chi connectivity index (χ0v) is 4.94. The molecule has 0 aliphatic heterocycles. The molecule has 0 heterocycles. The van der Waals surface area contributed by atoms with Crippen LogP contribution in [0, 0.1) is 5.41 Å². The quantitative estimate of drug-likeness (QED) is 0.489. The minimum absolute atomic E-state index is 0.743. The summed E-state index contributed by atoms with van der Waals surface area (Å²) < 4.78 is 0. The molecule has 0 fully saturated rings. The fourth-order valence-electron chi connectivity index (χ4n) is 0.660. The number of rotatable bonds is 0. The molecule has 1 heteroatoms. The van der Waals surface area contributed by atoms with Crippen LogP contribution in [0.5, 0.6) is 0 Å². The fraction of sp³-hybridized carbons (Fsp3) is 0.286. The summed E-state index contributed by atoms with van der Waals surface area (Å²) in [5, 5.41) is 7.28. The SMILES string of the molecule is CC1=CC=CCC1=N. The van der Waals surface area contributed by atoms with E-state index in [1.165, 1.54) is 0 Å². The van der Waals surface area contributed by atoms with Gasteiger partial charge >= 0.3 is 0 Å². The van der Waals surface area contributed by atoms with Crippen LogP contribution in [0.2, 0.25) is 0 Å². The first-order chi connectivity index (χ1) is 3.80. The Hall–Kier alpha value is -0.850. The smallest absolute Gasteiger partial charge is 0.0380 e. The van der Waals surface area contributed by atoms with E-state index in [2.05, 4.69) is 0 Å². The Morgan fingerprint density at radius 3 is 2.75 bits per heavy atom. The van der Waals surface area contributed by atoms with Gasteiger partial charge < -0.3 is 5.41 Å². The lowest BCUT2D eigenvalue weighted by molar-refractivity contribution is 1.31. The Bertz CT molecular complexity index is 163. The molecule has 42 valence electrons. The molecule has 0 aromatic carbocycles. The first kappa shape index (κ1) is 5.29. The third kappa shape index (κ3) is 0.861. The van der Waals surface area contributed by atoms with Crippen LogP contribution in [0.3, 0.4) is 0 Å². The fourth-order valence-corrected chi connectivity index (χ4v) is 0.660. The molecule has 0 bridgehead atoms. The highest BCUT2D eigenvalue weighted by Crippen LogP contribution is 2.05. The average Bonchev–Trinajstić information content (AvgIpc) is 1.77. The Morgan fingerprint density at radius 2 is 2.38 bits per heavy atom. The van der Waals surface area contributed by atoms with E-state index in [4.69, 9.17) is 5.41 Å². The molecule has 1 aliphatic carbocycles. The van der Waals surface area contributed by atoms with Crippen molar-refractivity contribution in [3.63, 3.8) is 0 Å². The molecule has 0 atom stereocenters. The van der Waals surface area contributed by atoms with Gasteiger partial charge in [0.1, 0.15) is 0 Å². The van der Waals surface area contributed by atoms with Crippen LogP contribution in [-0.4, -0.2) is 5.71 Å². The van der Waals surface area contributed by atoms with Crippen molar-refractivity contribution in [1.82, 2.24) is 0 Å². The van der Waals surface area contributed by atoms with Gasteiger partial charge in [-0.25, -0.2) is 0 Å². The van der Waals surface area contributed by atoms with Crippen molar-refractivity contribution >= 4 is 5.71 Å². The molecule has 1 rings (SSSR count). The minimum Gasteiger partial charge on any atom is -0.305 e. The van der Waals surface area contributed by atoms with Crippen LogP contribution in [-0.2, 0) is 0 Å². The van der Waals surface area contributed by atoms with Gasteiger partial charge in [0.05, 0.1) is 0 Å². The van der Waals surface area contributed by atoms with E-state index in [1.54, 1.807) is 0 Å². The molecule has 0 saturated carbocycles. The molecule has 0 aromatic heterocycles. The summed E-state index contributed by atoms with van der Waals surface area (Å²) in [5.74, 6) is 0. The maximum absolute atomic E-state index is 7.28. The highest BCUT2D eigenvalue weighted by molar-refractivity contribution is 5.99. The van der Waals surface area contributed by atoms with Gasteiger partial charge in [0.2, 0.25) is 0 Å². The lowest BCUT2D eigenvalue weighted by Gasteiger charge is -2.02. The van der Waals surface area contributed by atoms with Gasteiger partial charge in [-0.15, -0.1) is 0 Å². The van der Waals surface area contributed by atoms with Crippen molar-refractivity contribution in [2.45, 2.75) is 13.3 Å². The van der Waals surface area contributed by atoms with Gasteiger partial charge in [-0.3, -0.25) is 0 Å². The molecule has 0 saturated heterocycles. The van der Waals surface area contributed by atoms with Gasteiger partial charge in [0.25, 0.3) is 0 Å². The topological polar surface area (TPSA) is 23.9 Å². The van der Waals surface area contributed by atoms with Crippen molar-refractivity contribution in [3.8, 4) is 0 Å². The summed E-state index contributed by atoms with van der Waals surface area (Å²) in [6, 6.07) is 0. The molecule has 0 amide bonds. The van der Waals surface area contributed by atoms with Gasteiger partial charge in [-0.1, -0.05) is 18.2 Å². The minimum atomic E-state index is 0.743. The third-order valence-electron chi connectivity index (χ3n) is 1.28. The summed E-state index contributed by atoms with van der Waals surface area (Å²) in [7, 11) is 0. The molecule has 8 heavy (non-hydrogen) atoms. The van der Waals surface area contributed by atoms with E-state index >= 15 is 0 Å². The number of hydrogen-bond donors (Lipinski definition) is 1. The molecule has 1 aliphatic rings. The van der Waals surface area contributed by atoms with Crippen molar-refractivity contribution in [2.24, 2.45) is 0 Å². The predicted octanol–water partition coefficient (Wildman–Crippen LogP) is 1.91. The molecule has 0 radical (unpaired) electrons. The number of allylic oxidation sites excluding steroid dienone is 4. The highest BCUT2D eigenvalue weighted by atomic mass is 14.4. The Labute approximate surface area is 49.2 Å². The van der Waals surface area contributed by atoms with Crippen molar-refractivity contribution < 1.29 is 0 Å². The van der Waals surface area contributed by atoms with E-state index in [-0.39, 0.29) is 0 Å². The predicted molar refractivity (Wildman–Crippen MR) is 35.2 cm³/mol. The van der Waals surface area contributed by atoms with E-state index in [0.717, 1.165) is 17.7 Å². The summed E-state index contributed by atoms with van der Waals surface area (Å²) in [6.45, 7) is 1.96. The maximum Gasteiger partial charge on any atom is 0.0380 e. The third-order valence-corrected chi connectivity index (χ3v) is 1.28. The van der Waals surface area contributed by atoms with Crippen LogP contribution in [0.25, 0.3) is 0 Å². The maximum atomic E-state index is 7.28. The van der Waals surface area contributed by atoms with E-state index in [1.807, 2.05) is 25.2 Å². The largest absolute Gasteiger partial charge is 0.305 e. The van der Waals surface area contributed by atoms with Crippen LogP contribution in [0.15, 0.2) is 23.8 Å². The first-order valence-corrected chi connectivity index (χ1v) is 2.72. The Balaban J connectivity index is 2.80. The number of hydrogen-bond acceptors (Lipinski definition) is 1. The standard InChI is InChI=1S/C7H9N/c1-6-4-2-3-5-7(6)8/h2-4,8H,5H2,1H3. The highest BCUT2D eigenvalue weighted by Gasteiger charge is 1.97. The molecule has 1 N–H and O–H groups in total. The zero-order chi connectivity index (χ0) is 5.98. The average molecular weight is 107 g/mol. The van der Waals surface area contributed by atoms with Crippen molar-refractivity contribution in [1.29, 1.82) is 5.41 Å². The van der Waals surface area contributed by atoms with Gasteiger partial charge in [-0.05, 0) is 12.5 Å². The van der Waals surface area contributed by atoms with Gasteiger partial charge in [0, 0.05) is 12.1 Å². The molecule has 0 spiro atoms. The molecule has 1 nitrogen and oxygen atoms in total.